The normalized spacial score (nSPS) is 9.14. The smallest absolute Gasteiger partial charge is 0.574 e. The molecule has 6 heterocycles. The molecule has 0 aliphatic heterocycles. The number of aromatic nitrogens is 10. The van der Waals surface area contributed by atoms with Gasteiger partial charge >= 0.3 is 34.1 Å². The Labute approximate surface area is 256 Å². The summed E-state index contributed by atoms with van der Waals surface area (Å²) in [6, 6.07) is 18.8. The van der Waals surface area contributed by atoms with Crippen LogP contribution in [0, 0.1) is 30.6 Å². The van der Waals surface area contributed by atoms with Crippen molar-refractivity contribution in [1.82, 2.24) is 49.9 Å². The number of rotatable bonds is 4. The van der Waals surface area contributed by atoms with Crippen molar-refractivity contribution < 1.29 is 44.3 Å². The molecule has 222 valence electrons. The van der Waals surface area contributed by atoms with Crippen molar-refractivity contribution in [3.63, 3.8) is 0 Å². The molecule has 6 aromatic rings. The molecule has 0 atom stereocenters. The van der Waals surface area contributed by atoms with Gasteiger partial charge in [-0.15, -0.1) is 0 Å². The second-order valence-corrected chi connectivity index (χ2v) is 6.94. The van der Waals surface area contributed by atoms with Gasteiger partial charge in [-0.2, -0.15) is 10.2 Å². The van der Waals surface area contributed by atoms with E-state index in [0.29, 0.717) is 0 Å². The molecule has 0 unspecified atom stereocenters. The third-order valence-electron chi connectivity index (χ3n) is 4.40. The predicted octanol–water partition coefficient (Wildman–Crippen LogP) is 2.09. The third-order valence-corrected chi connectivity index (χ3v) is 4.40. The molecule has 0 aliphatic rings. The number of pyridine rings is 2. The number of hydrogen-bond acceptors (Lipinski definition) is 12. The van der Waals surface area contributed by atoms with Gasteiger partial charge in [-0.25, -0.2) is 19.3 Å². The molecule has 0 saturated carbocycles. The fraction of sp³-hybridized carbons (Fsp3) is 0. The molecule has 0 spiro atoms. The first-order chi connectivity index (χ1) is 19.3. The third kappa shape index (κ3) is 11.4. The zero-order chi connectivity index (χ0) is 28.7. The van der Waals surface area contributed by atoms with Gasteiger partial charge in [0.2, 0.25) is 0 Å². The van der Waals surface area contributed by atoms with Crippen LogP contribution in [0.3, 0.4) is 0 Å². The largest absolute Gasteiger partial charge is 2.00 e. The molecule has 0 aromatic carbocycles. The Bertz CT molecular complexity index is 1360. The molecular formula is C22H16Cu2N12O6. The maximum absolute atomic E-state index is 8.25. The Morgan fingerprint density at radius 1 is 0.571 bits per heavy atom. The Hall–Kier alpha value is -5.42. The van der Waals surface area contributed by atoms with E-state index in [0.717, 1.165) is 34.4 Å². The van der Waals surface area contributed by atoms with E-state index in [1.165, 1.54) is 0 Å². The van der Waals surface area contributed by atoms with Gasteiger partial charge in [-0.3, -0.25) is 0 Å². The van der Waals surface area contributed by atoms with Gasteiger partial charge in [-0.1, -0.05) is 35.7 Å². The van der Waals surface area contributed by atoms with Crippen molar-refractivity contribution >= 4 is 0 Å². The molecule has 0 saturated heterocycles. The second kappa shape index (κ2) is 18.0. The minimum absolute atomic E-state index is 0. The van der Waals surface area contributed by atoms with Crippen molar-refractivity contribution in [3.05, 3.63) is 128 Å². The van der Waals surface area contributed by atoms with Crippen LogP contribution in [0.1, 0.15) is 0 Å². The van der Waals surface area contributed by atoms with Crippen molar-refractivity contribution in [2.24, 2.45) is 0 Å². The van der Waals surface area contributed by atoms with Crippen LogP contribution >= 0.6 is 0 Å². The molecule has 0 fully saturated rings. The first-order valence-electron chi connectivity index (χ1n) is 10.8. The van der Waals surface area contributed by atoms with Crippen LogP contribution in [-0.4, -0.2) is 49.9 Å². The van der Waals surface area contributed by atoms with E-state index < -0.39 is 10.2 Å². The second-order valence-electron chi connectivity index (χ2n) is 6.94. The molecule has 6 aromatic heterocycles. The molecule has 0 N–H and O–H groups in total. The quantitative estimate of drug-likeness (QED) is 0.148. The van der Waals surface area contributed by atoms with E-state index in [9.17, 15) is 0 Å². The minimum Gasteiger partial charge on any atom is -0.574 e. The molecule has 2 radical (unpaired) electrons. The van der Waals surface area contributed by atoms with Crippen LogP contribution in [0.15, 0.2) is 97.8 Å². The predicted molar refractivity (Wildman–Crippen MR) is 137 cm³/mol. The Morgan fingerprint density at radius 2 is 0.952 bits per heavy atom. The summed E-state index contributed by atoms with van der Waals surface area (Å²) in [5.41, 5.74) is 3.14. The van der Waals surface area contributed by atoms with E-state index in [1.807, 2.05) is 73.1 Å². The summed E-state index contributed by atoms with van der Waals surface area (Å²) in [4.78, 5) is 25.4. The fourth-order valence-electron chi connectivity index (χ4n) is 2.93. The number of nitrogens with zero attached hydrogens (tertiary/aromatic N) is 12. The maximum Gasteiger partial charge on any atom is 2.00 e. The van der Waals surface area contributed by atoms with E-state index in [1.54, 1.807) is 34.2 Å². The van der Waals surface area contributed by atoms with E-state index >= 15 is 0 Å². The van der Waals surface area contributed by atoms with Gasteiger partial charge in [0.15, 0.2) is 11.6 Å². The van der Waals surface area contributed by atoms with Gasteiger partial charge in [-0.05, 0) is 36.4 Å². The summed E-state index contributed by atoms with van der Waals surface area (Å²) >= 11 is 0. The molecule has 20 heteroatoms. The Kier molecular flexibility index (Phi) is 14.9. The first-order valence-corrected chi connectivity index (χ1v) is 10.8. The average molecular weight is 672 g/mol. The minimum atomic E-state index is -1.75. The molecule has 0 bridgehead atoms. The van der Waals surface area contributed by atoms with Gasteiger partial charge in [0.25, 0.3) is 0 Å². The van der Waals surface area contributed by atoms with E-state index in [-0.39, 0.29) is 34.1 Å². The van der Waals surface area contributed by atoms with Crippen LogP contribution in [0.4, 0.5) is 0 Å². The molecule has 0 amide bonds. The Morgan fingerprint density at radius 3 is 1.24 bits per heavy atom. The Balaban J connectivity index is 0.000000324. The molecular weight excluding hydrogens is 655 g/mol. The first kappa shape index (κ1) is 34.6. The van der Waals surface area contributed by atoms with Crippen LogP contribution in [-0.2, 0) is 34.1 Å². The summed E-state index contributed by atoms with van der Waals surface area (Å²) in [5, 5.41) is 53.2. The van der Waals surface area contributed by atoms with Crippen LogP contribution in [0.5, 0.6) is 0 Å². The van der Waals surface area contributed by atoms with Crippen LogP contribution in [0.2, 0.25) is 0 Å². The fourth-order valence-corrected chi connectivity index (χ4v) is 2.93. The number of hydrogen-bond donors (Lipinski definition) is 0. The maximum atomic E-state index is 8.25. The monoisotopic (exact) mass is 670 g/mol. The van der Waals surface area contributed by atoms with Crippen molar-refractivity contribution in [2.45, 2.75) is 0 Å². The van der Waals surface area contributed by atoms with E-state index in [2.05, 4.69) is 40.6 Å². The van der Waals surface area contributed by atoms with Gasteiger partial charge in [0, 0.05) is 37.2 Å². The summed E-state index contributed by atoms with van der Waals surface area (Å²) in [6.45, 7) is 0. The standard InChI is InChI=1S/2C11H8N5.2Cu.2NO3/c2*1-3-9(10-5-7-12-15-10)14-11(4-1)16-8-2-6-13-16;;;2*2-1(3)4/h2*1-8H;;;;/q2*-1;2*+2;2*-1. The van der Waals surface area contributed by atoms with Gasteiger partial charge in [0.05, 0.1) is 21.6 Å². The zero-order valence-corrected chi connectivity index (χ0v) is 22.5. The van der Waals surface area contributed by atoms with Crippen molar-refractivity contribution in [2.75, 3.05) is 0 Å². The summed E-state index contributed by atoms with van der Waals surface area (Å²) < 4.78 is 3.42. The van der Waals surface area contributed by atoms with Crippen LogP contribution in [0.25, 0.3) is 34.4 Å². The van der Waals surface area contributed by atoms with Crippen molar-refractivity contribution in [3.8, 4) is 34.4 Å². The summed E-state index contributed by atoms with van der Waals surface area (Å²) in [5.74, 6) is 1.54. The molecule has 0 aliphatic carbocycles. The molecule has 42 heavy (non-hydrogen) atoms. The van der Waals surface area contributed by atoms with E-state index in [4.69, 9.17) is 30.6 Å². The average Bonchev–Trinajstić information content (AvgIpc) is 3.77. The summed E-state index contributed by atoms with van der Waals surface area (Å²) in [7, 11) is 0. The molecule has 6 rings (SSSR count). The van der Waals surface area contributed by atoms with Crippen molar-refractivity contribution in [1.29, 1.82) is 0 Å². The molecule has 18 nitrogen and oxygen atoms in total. The van der Waals surface area contributed by atoms with Gasteiger partial charge < -0.3 is 51.0 Å². The SMILES string of the molecule is O=[N+]([O-])[O-].O=[N+]([O-])[O-].[Cu+2].[Cu+2].c1cc(-c2ccn[n-]2)nc(-n2cccn2)c1.c1cc(-c2ccn[n-]2)nc(-n2cccn2)c1. The van der Waals surface area contributed by atoms with Gasteiger partial charge in [0.1, 0.15) is 0 Å². The van der Waals surface area contributed by atoms with Crippen LogP contribution < -0.4 is 10.2 Å². The summed E-state index contributed by atoms with van der Waals surface area (Å²) in [6.07, 6.45) is 10.4. The zero-order valence-electron chi connectivity index (χ0n) is 20.7. The topological polar surface area (TPSA) is 248 Å².